The van der Waals surface area contributed by atoms with Crippen molar-refractivity contribution in [2.24, 2.45) is 23.7 Å². The molecule has 9 rings (SSSR count). The number of carbonyl (C=O) groups is 2. The van der Waals surface area contributed by atoms with Crippen molar-refractivity contribution in [1.82, 2.24) is 29.6 Å². The second-order valence-electron chi connectivity index (χ2n) is 16.5. The maximum Gasteiger partial charge on any atom is 0.248 e. The number of hydrogen-bond acceptors (Lipinski definition) is 6. The minimum absolute atomic E-state index is 0.0723. The van der Waals surface area contributed by atoms with Gasteiger partial charge in [-0.3, -0.25) is 29.0 Å². The van der Waals surface area contributed by atoms with E-state index in [1.165, 1.54) is 11.1 Å². The molecule has 4 bridgehead atoms. The zero-order valence-corrected chi connectivity index (χ0v) is 29.5. The number of piperidine rings is 2. The number of carbonyl (C=O) groups excluding carboxylic acids is 2. The van der Waals surface area contributed by atoms with Crippen LogP contribution < -0.4 is 11.1 Å². The molecule has 264 valence electrons. The normalized spacial score (nSPS) is 33.3. The van der Waals surface area contributed by atoms with Gasteiger partial charge in [0.1, 0.15) is 0 Å². The molecule has 4 aliphatic carbocycles. The van der Waals surface area contributed by atoms with Gasteiger partial charge in [-0.25, -0.2) is 0 Å². The van der Waals surface area contributed by atoms with Gasteiger partial charge in [-0.15, -0.1) is 0 Å². The molecule has 2 N–H and O–H groups in total. The van der Waals surface area contributed by atoms with Crippen LogP contribution in [-0.2, 0) is 33.5 Å². The van der Waals surface area contributed by atoms with E-state index in [2.05, 4.69) is 55.6 Å². The monoisotopic (exact) mass is 678 g/mol. The van der Waals surface area contributed by atoms with Crippen LogP contribution in [0, 0.1) is 23.7 Å². The van der Waals surface area contributed by atoms with E-state index in [0.29, 0.717) is 36.8 Å². The highest BCUT2D eigenvalue weighted by Crippen LogP contribution is 2.58. The summed E-state index contributed by atoms with van der Waals surface area (Å²) >= 11 is 0. The first kappa shape index (κ1) is 32.2. The molecule has 6 atom stereocenters. The second kappa shape index (κ2) is 11.9. The minimum atomic E-state index is -0.396. The molecule has 10 heteroatoms. The Kier molecular flexibility index (Phi) is 7.66. The zero-order chi connectivity index (χ0) is 34.4. The van der Waals surface area contributed by atoms with E-state index >= 15 is 0 Å². The third kappa shape index (κ3) is 4.88. The number of allylic oxidation sites excluding steroid dienone is 2. The van der Waals surface area contributed by atoms with Crippen molar-refractivity contribution >= 4 is 11.8 Å². The van der Waals surface area contributed by atoms with Gasteiger partial charge in [0.2, 0.25) is 22.9 Å². The van der Waals surface area contributed by atoms with Gasteiger partial charge in [0.25, 0.3) is 0 Å². The summed E-state index contributed by atoms with van der Waals surface area (Å²) in [5, 5.41) is 0. The molecule has 10 nitrogen and oxygen atoms in total. The molecular formula is C40H50N6O4. The van der Waals surface area contributed by atoms with E-state index < -0.39 is 11.1 Å². The van der Waals surface area contributed by atoms with Crippen LogP contribution in [0.4, 0.5) is 0 Å². The lowest BCUT2D eigenvalue weighted by molar-refractivity contribution is -0.152. The van der Waals surface area contributed by atoms with Crippen LogP contribution in [0.15, 0.2) is 57.2 Å². The van der Waals surface area contributed by atoms with Crippen LogP contribution in [0.25, 0.3) is 0 Å². The first-order chi connectivity index (χ1) is 24.2. The molecule has 2 amide bonds. The number of pyridine rings is 2. The Labute approximate surface area is 293 Å². The van der Waals surface area contributed by atoms with E-state index in [0.717, 1.165) is 113 Å². The van der Waals surface area contributed by atoms with Crippen LogP contribution in [0.1, 0.15) is 74.9 Å². The summed E-state index contributed by atoms with van der Waals surface area (Å²) in [6.07, 6.45) is 12.3. The topological polar surface area (TPSA) is 113 Å². The Morgan fingerprint density at radius 2 is 1.08 bits per heavy atom. The highest BCUT2D eigenvalue weighted by atomic mass is 16.2. The van der Waals surface area contributed by atoms with Gasteiger partial charge in [0, 0.05) is 62.8 Å². The van der Waals surface area contributed by atoms with E-state index in [4.69, 9.17) is 0 Å². The maximum absolute atomic E-state index is 14.3. The van der Waals surface area contributed by atoms with E-state index in [1.807, 2.05) is 12.1 Å². The first-order valence-corrected chi connectivity index (χ1v) is 19.0. The number of H-pyrrole nitrogens is 2. The Morgan fingerprint density at radius 1 is 0.660 bits per heavy atom. The second-order valence-corrected chi connectivity index (χ2v) is 16.5. The molecule has 0 aromatic carbocycles. The summed E-state index contributed by atoms with van der Waals surface area (Å²) in [6, 6.07) is 7.27. The Bertz CT molecular complexity index is 1780. The Morgan fingerprint density at radius 3 is 1.50 bits per heavy atom. The van der Waals surface area contributed by atoms with Gasteiger partial charge in [0.05, 0.1) is 24.2 Å². The Hall–Kier alpha value is -3.76. The van der Waals surface area contributed by atoms with Gasteiger partial charge >= 0.3 is 0 Å². The van der Waals surface area contributed by atoms with Gasteiger partial charge < -0.3 is 19.8 Å². The fourth-order valence-electron chi connectivity index (χ4n) is 12.0. The number of fused-ring (bicyclic) bond motifs is 2. The van der Waals surface area contributed by atoms with Crippen LogP contribution >= 0.6 is 0 Å². The highest BCUT2D eigenvalue weighted by molar-refractivity contribution is 5.81. The van der Waals surface area contributed by atoms with Gasteiger partial charge in [-0.05, 0) is 112 Å². The van der Waals surface area contributed by atoms with E-state index in [1.54, 1.807) is 12.1 Å². The smallest absolute Gasteiger partial charge is 0.248 e. The zero-order valence-electron chi connectivity index (χ0n) is 29.5. The number of rotatable bonds is 4. The summed E-state index contributed by atoms with van der Waals surface area (Å²) in [6.45, 7) is 9.62. The number of aromatic amines is 2. The number of nitrogens with one attached hydrogen (secondary N) is 2. The summed E-state index contributed by atoms with van der Waals surface area (Å²) in [5.74, 6) is 1.76. The lowest BCUT2D eigenvalue weighted by Gasteiger charge is -2.59. The van der Waals surface area contributed by atoms with Crippen LogP contribution in [0.3, 0.4) is 0 Å². The van der Waals surface area contributed by atoms with Crippen molar-refractivity contribution in [2.45, 2.75) is 76.3 Å². The summed E-state index contributed by atoms with van der Waals surface area (Å²) in [7, 11) is 0. The SMILES string of the molecule is CC1=CC2Cc3[nH]c(=O)ccc3[C@]3(C1)C2CCCN3C(=O)CN1CCN(CC(=O)N2CCCC3C4C=C(C)C[C@@]32c2ccc(=O)[nH]c2C4)CC1. The molecule has 3 aliphatic heterocycles. The number of nitrogens with zero attached hydrogens (tertiary/aromatic N) is 4. The fourth-order valence-corrected chi connectivity index (χ4v) is 12.0. The minimum Gasteiger partial charge on any atom is -0.331 e. The third-order valence-corrected chi connectivity index (χ3v) is 13.7. The van der Waals surface area contributed by atoms with E-state index in [-0.39, 0.29) is 22.9 Å². The molecule has 0 radical (unpaired) electrons. The van der Waals surface area contributed by atoms with Gasteiger partial charge in [-0.2, -0.15) is 0 Å². The molecule has 2 aromatic rings. The van der Waals surface area contributed by atoms with Crippen molar-refractivity contribution in [1.29, 1.82) is 0 Å². The van der Waals surface area contributed by atoms with Crippen molar-refractivity contribution in [3.05, 3.63) is 90.8 Å². The number of amides is 2. The molecule has 2 aromatic heterocycles. The molecule has 0 saturated carbocycles. The standard InChI is InChI=1S/C40H50N6O4/c1-25-17-27-19-33-31(7-9-35(47)41-33)39(21-25)29(27)5-3-11-45(39)37(49)23-43-13-15-44(16-14-43)24-38(50)46-12-4-6-30-28-18-26(2)22-40(30,46)32-8-10-36(48)42-34(32)20-28/h7-10,17-18,27-30H,3-6,11-16,19-24H2,1-2H3,(H,41,47)(H,42,48)/t27?,28?,29?,30?,39-,40-/m0/s1. The van der Waals surface area contributed by atoms with Crippen molar-refractivity contribution in [3.63, 3.8) is 0 Å². The number of piperazine rings is 1. The molecule has 50 heavy (non-hydrogen) atoms. The lowest BCUT2D eigenvalue weighted by atomic mass is 9.56. The van der Waals surface area contributed by atoms with Crippen LogP contribution in [0.2, 0.25) is 0 Å². The highest BCUT2D eigenvalue weighted by Gasteiger charge is 2.58. The average molecular weight is 679 g/mol. The molecule has 0 spiro atoms. The quantitative estimate of drug-likeness (QED) is 0.481. The average Bonchev–Trinajstić information content (AvgIpc) is 3.07. The largest absolute Gasteiger partial charge is 0.331 e. The van der Waals surface area contributed by atoms with Crippen molar-refractivity contribution in [2.75, 3.05) is 52.4 Å². The molecule has 4 unspecified atom stereocenters. The number of aromatic nitrogens is 2. The van der Waals surface area contributed by atoms with Crippen LogP contribution in [-0.4, -0.2) is 93.7 Å². The molecule has 7 aliphatic rings. The third-order valence-electron chi connectivity index (χ3n) is 13.7. The Balaban J connectivity index is 0.896. The van der Waals surface area contributed by atoms with E-state index in [9.17, 15) is 19.2 Å². The van der Waals surface area contributed by atoms with Crippen molar-refractivity contribution in [3.8, 4) is 0 Å². The maximum atomic E-state index is 14.3. The number of likely N-dealkylation sites (tertiary alicyclic amines) is 2. The summed E-state index contributed by atoms with van der Waals surface area (Å²) in [4.78, 5) is 68.5. The molecular weight excluding hydrogens is 628 g/mol. The van der Waals surface area contributed by atoms with Crippen LogP contribution in [0.5, 0.6) is 0 Å². The fraction of sp³-hybridized carbons (Fsp3) is 0.600. The lowest BCUT2D eigenvalue weighted by Crippen LogP contribution is -2.64. The molecule has 5 heterocycles. The molecule has 3 fully saturated rings. The predicted octanol–water partition coefficient (Wildman–Crippen LogP) is 3.29. The molecule has 3 saturated heterocycles. The first-order valence-electron chi connectivity index (χ1n) is 19.0. The van der Waals surface area contributed by atoms with Crippen molar-refractivity contribution < 1.29 is 9.59 Å². The van der Waals surface area contributed by atoms with Gasteiger partial charge in [-0.1, -0.05) is 23.3 Å². The predicted molar refractivity (Wildman–Crippen MR) is 190 cm³/mol. The van der Waals surface area contributed by atoms with Gasteiger partial charge in [0.15, 0.2) is 0 Å². The number of hydrogen-bond donors (Lipinski definition) is 2. The summed E-state index contributed by atoms with van der Waals surface area (Å²) in [5.41, 5.74) is 6.02. The summed E-state index contributed by atoms with van der Waals surface area (Å²) < 4.78 is 0.